The lowest BCUT2D eigenvalue weighted by Gasteiger charge is -2.17. The van der Waals surface area contributed by atoms with Gasteiger partial charge in [0.25, 0.3) is 0 Å². The summed E-state index contributed by atoms with van der Waals surface area (Å²) in [5.41, 5.74) is 0. The van der Waals surface area contributed by atoms with Crippen LogP contribution in [0.2, 0.25) is 0 Å². The molecule has 2 fully saturated rings. The summed E-state index contributed by atoms with van der Waals surface area (Å²) >= 11 is 0. The van der Waals surface area contributed by atoms with Crippen molar-refractivity contribution in [3.8, 4) is 0 Å². The number of hydrogen-bond acceptors (Lipinski definition) is 3. The summed E-state index contributed by atoms with van der Waals surface area (Å²) in [6.07, 6.45) is 36.0. The molecule has 0 aromatic rings. The molecule has 3 heteroatoms. The maximum atomic E-state index is 12.2. The van der Waals surface area contributed by atoms with Crippen LogP contribution in [0.25, 0.3) is 0 Å². The molecule has 41 heavy (non-hydrogen) atoms. The molecule has 0 bridgehead atoms. The first-order chi connectivity index (χ1) is 20.0. The van der Waals surface area contributed by atoms with Crippen LogP contribution in [0.4, 0.5) is 0 Å². The molecular weight excluding hydrogens is 502 g/mol. The first-order valence-corrected chi connectivity index (χ1v) is 18.8. The first kappa shape index (κ1) is 36.6. The third-order valence-corrected chi connectivity index (χ3v) is 10.3. The third-order valence-electron chi connectivity index (χ3n) is 10.3. The van der Waals surface area contributed by atoms with Crippen molar-refractivity contribution in [1.82, 2.24) is 4.90 Å². The molecule has 0 saturated heterocycles. The van der Waals surface area contributed by atoms with Gasteiger partial charge in [0.15, 0.2) is 0 Å². The van der Waals surface area contributed by atoms with Gasteiger partial charge in [0.2, 0.25) is 0 Å². The molecule has 0 radical (unpaired) electrons. The molecule has 242 valence electrons. The molecule has 0 amide bonds. The highest BCUT2D eigenvalue weighted by molar-refractivity contribution is 5.70. The zero-order valence-corrected chi connectivity index (χ0v) is 28.4. The van der Waals surface area contributed by atoms with E-state index < -0.39 is 0 Å². The molecule has 0 aromatic carbocycles. The highest BCUT2D eigenvalue weighted by Crippen LogP contribution is 2.54. The summed E-state index contributed by atoms with van der Waals surface area (Å²) in [6.45, 7) is 6.31. The van der Waals surface area contributed by atoms with Crippen LogP contribution in [-0.2, 0) is 9.53 Å². The van der Waals surface area contributed by atoms with Gasteiger partial charge in [-0.25, -0.2) is 0 Å². The lowest BCUT2D eigenvalue weighted by atomic mass is 9.89. The lowest BCUT2D eigenvalue weighted by Crippen LogP contribution is -2.14. The molecule has 4 unspecified atom stereocenters. The number of carbonyl (C=O) groups is 1. The van der Waals surface area contributed by atoms with Gasteiger partial charge in [-0.3, -0.25) is 4.79 Å². The van der Waals surface area contributed by atoms with E-state index in [0.717, 1.165) is 43.1 Å². The normalized spacial score (nSPS) is 21.6. The minimum atomic E-state index is 0.0551. The molecular formula is C38H73NO2. The zero-order valence-electron chi connectivity index (χ0n) is 28.4. The SMILES string of the molecule is CCCCCCCCCCC(CCCCCCCCCC)CCC1CC1CC1CC1CC(=O)OCCCCN(C)C. The molecule has 3 nitrogen and oxygen atoms in total. The Hall–Kier alpha value is -0.570. The van der Waals surface area contributed by atoms with E-state index in [4.69, 9.17) is 4.74 Å². The van der Waals surface area contributed by atoms with Gasteiger partial charge in [0.05, 0.1) is 6.61 Å². The quantitative estimate of drug-likeness (QED) is 0.0630. The molecule has 2 saturated carbocycles. The number of carbonyl (C=O) groups excluding carboxylic acids is 1. The Morgan fingerprint density at radius 1 is 0.634 bits per heavy atom. The summed E-state index contributed by atoms with van der Waals surface area (Å²) < 4.78 is 5.51. The number of unbranched alkanes of at least 4 members (excludes halogenated alkanes) is 15. The van der Waals surface area contributed by atoms with Gasteiger partial charge in [-0.2, -0.15) is 0 Å². The highest BCUT2D eigenvalue weighted by Gasteiger charge is 2.46. The summed E-state index contributed by atoms with van der Waals surface area (Å²) in [7, 11) is 4.19. The van der Waals surface area contributed by atoms with E-state index in [9.17, 15) is 4.79 Å². The number of rotatable bonds is 30. The van der Waals surface area contributed by atoms with Crippen molar-refractivity contribution in [2.45, 2.75) is 181 Å². The minimum Gasteiger partial charge on any atom is -0.466 e. The van der Waals surface area contributed by atoms with Crippen molar-refractivity contribution in [2.24, 2.45) is 29.6 Å². The van der Waals surface area contributed by atoms with Gasteiger partial charge >= 0.3 is 5.97 Å². The second kappa shape index (κ2) is 23.8. The summed E-state index contributed by atoms with van der Waals surface area (Å²) in [4.78, 5) is 14.4. The van der Waals surface area contributed by atoms with Crippen molar-refractivity contribution in [3.05, 3.63) is 0 Å². The smallest absolute Gasteiger partial charge is 0.306 e. The van der Waals surface area contributed by atoms with Gasteiger partial charge in [0, 0.05) is 6.42 Å². The fourth-order valence-corrected chi connectivity index (χ4v) is 7.20. The standard InChI is InChI=1S/C38H73NO2/c1-5-7-9-11-13-15-17-19-23-33(24-20-18-16-14-12-10-8-6-2)25-26-34-29-35(34)30-36-31-37(36)32-38(40)41-28-22-21-27-39(3)4/h33-37H,5-32H2,1-4H3. The molecule has 0 aromatic heterocycles. The monoisotopic (exact) mass is 576 g/mol. The van der Waals surface area contributed by atoms with Gasteiger partial charge < -0.3 is 9.64 Å². The molecule has 2 aliphatic rings. The summed E-state index contributed by atoms with van der Waals surface area (Å²) in [6, 6.07) is 0. The Bertz CT molecular complexity index is 599. The second-order valence-corrected chi connectivity index (χ2v) is 14.7. The molecule has 0 aliphatic heterocycles. The average molecular weight is 576 g/mol. The first-order valence-electron chi connectivity index (χ1n) is 18.8. The molecule has 2 aliphatic carbocycles. The number of hydrogen-bond donors (Lipinski definition) is 0. The summed E-state index contributed by atoms with van der Waals surface area (Å²) in [5.74, 6) is 4.45. The Kier molecular flexibility index (Phi) is 21.3. The van der Waals surface area contributed by atoms with Gasteiger partial charge in [-0.1, -0.05) is 136 Å². The number of esters is 1. The number of nitrogens with zero attached hydrogens (tertiary/aromatic N) is 1. The predicted molar refractivity (Wildman–Crippen MR) is 178 cm³/mol. The third kappa shape index (κ3) is 20.1. The van der Waals surface area contributed by atoms with Crippen LogP contribution in [0.1, 0.15) is 181 Å². The van der Waals surface area contributed by atoms with Crippen molar-refractivity contribution in [1.29, 1.82) is 0 Å². The van der Waals surface area contributed by atoms with E-state index in [0.29, 0.717) is 18.9 Å². The molecule has 4 atom stereocenters. The van der Waals surface area contributed by atoms with Crippen molar-refractivity contribution in [2.75, 3.05) is 27.2 Å². The van der Waals surface area contributed by atoms with Gasteiger partial charge in [-0.15, -0.1) is 0 Å². The van der Waals surface area contributed by atoms with Crippen molar-refractivity contribution >= 4 is 5.97 Å². The average Bonchev–Trinajstić information content (AvgIpc) is 3.87. The highest BCUT2D eigenvalue weighted by atomic mass is 16.5. The van der Waals surface area contributed by atoms with Crippen LogP contribution in [0, 0.1) is 29.6 Å². The van der Waals surface area contributed by atoms with Crippen LogP contribution in [-0.4, -0.2) is 38.1 Å². The van der Waals surface area contributed by atoms with Crippen LogP contribution in [0.5, 0.6) is 0 Å². The minimum absolute atomic E-state index is 0.0551. The second-order valence-electron chi connectivity index (χ2n) is 14.7. The van der Waals surface area contributed by atoms with Crippen molar-refractivity contribution in [3.63, 3.8) is 0 Å². The van der Waals surface area contributed by atoms with E-state index in [1.54, 1.807) is 0 Å². The molecule has 0 heterocycles. The Labute approximate surface area is 257 Å². The van der Waals surface area contributed by atoms with E-state index in [2.05, 4.69) is 32.8 Å². The Morgan fingerprint density at radius 2 is 1.15 bits per heavy atom. The Morgan fingerprint density at radius 3 is 1.71 bits per heavy atom. The largest absolute Gasteiger partial charge is 0.466 e. The van der Waals surface area contributed by atoms with Crippen molar-refractivity contribution < 1.29 is 9.53 Å². The maximum absolute atomic E-state index is 12.2. The van der Waals surface area contributed by atoms with Gasteiger partial charge in [0.1, 0.15) is 0 Å². The van der Waals surface area contributed by atoms with E-state index >= 15 is 0 Å². The predicted octanol–water partition coefficient (Wildman–Crippen LogP) is 11.4. The van der Waals surface area contributed by atoms with Crippen LogP contribution < -0.4 is 0 Å². The molecule has 0 N–H and O–H groups in total. The lowest BCUT2D eigenvalue weighted by molar-refractivity contribution is -0.144. The topological polar surface area (TPSA) is 29.5 Å². The van der Waals surface area contributed by atoms with E-state index in [1.165, 1.54) is 148 Å². The van der Waals surface area contributed by atoms with Crippen LogP contribution in [0.3, 0.4) is 0 Å². The fourth-order valence-electron chi connectivity index (χ4n) is 7.20. The van der Waals surface area contributed by atoms with Gasteiger partial charge in [-0.05, 0) is 88.8 Å². The number of ether oxygens (including phenoxy) is 1. The zero-order chi connectivity index (χ0) is 29.5. The fraction of sp³-hybridized carbons (Fsp3) is 0.974. The van der Waals surface area contributed by atoms with Crippen LogP contribution >= 0.6 is 0 Å². The van der Waals surface area contributed by atoms with Crippen LogP contribution in [0.15, 0.2) is 0 Å². The van der Waals surface area contributed by atoms with E-state index in [-0.39, 0.29) is 5.97 Å². The Balaban J connectivity index is 1.55. The maximum Gasteiger partial charge on any atom is 0.306 e. The van der Waals surface area contributed by atoms with E-state index in [1.807, 2.05) is 0 Å². The molecule has 0 spiro atoms. The summed E-state index contributed by atoms with van der Waals surface area (Å²) in [5, 5.41) is 0. The molecule has 2 rings (SSSR count).